The van der Waals surface area contributed by atoms with Gasteiger partial charge in [-0.2, -0.15) is 0 Å². The Morgan fingerprint density at radius 1 is 0.720 bits per heavy atom. The van der Waals surface area contributed by atoms with E-state index in [9.17, 15) is 5.11 Å². The molecule has 0 aromatic heterocycles. The Balaban J connectivity index is 1.76. The van der Waals surface area contributed by atoms with Gasteiger partial charge in [0, 0.05) is 25.5 Å². The summed E-state index contributed by atoms with van der Waals surface area (Å²) in [6, 6.07) is 0. The van der Waals surface area contributed by atoms with Crippen molar-refractivity contribution < 1.29 is 5.11 Å². The smallest absolute Gasteiger partial charge is 0.0894 e. The third kappa shape index (κ3) is 13.2. The van der Waals surface area contributed by atoms with Crippen molar-refractivity contribution in [1.82, 2.24) is 9.80 Å². The molecule has 0 fully saturated rings. The highest BCUT2D eigenvalue weighted by Gasteiger charge is 2.12. The van der Waals surface area contributed by atoms with E-state index in [0.717, 1.165) is 19.8 Å². The standard InChI is InChI=1S/C22H44N2O/c1-3-4-5-6-7-8-9-10-11-12-13-14-15-16-17-23-18-19-24(21-23)20-22(2)25/h18-19,22,25H,3-17,20-21H2,1-2H3. The van der Waals surface area contributed by atoms with Gasteiger partial charge in [-0.25, -0.2) is 0 Å². The fourth-order valence-corrected chi connectivity index (χ4v) is 3.63. The molecule has 0 spiro atoms. The van der Waals surface area contributed by atoms with Crippen LogP contribution < -0.4 is 0 Å². The van der Waals surface area contributed by atoms with Gasteiger partial charge in [0.2, 0.25) is 0 Å². The Kier molecular flexibility index (Phi) is 13.9. The molecular formula is C22H44N2O. The van der Waals surface area contributed by atoms with Crippen molar-refractivity contribution in [3.63, 3.8) is 0 Å². The fourth-order valence-electron chi connectivity index (χ4n) is 3.63. The fraction of sp³-hybridized carbons (Fsp3) is 0.909. The van der Waals surface area contributed by atoms with Crippen LogP contribution in [0.3, 0.4) is 0 Å². The molecule has 25 heavy (non-hydrogen) atoms. The average Bonchev–Trinajstić information content (AvgIpc) is 3.01. The Hall–Kier alpha value is -0.700. The van der Waals surface area contributed by atoms with Gasteiger partial charge < -0.3 is 14.9 Å². The van der Waals surface area contributed by atoms with Gasteiger partial charge in [0.1, 0.15) is 0 Å². The van der Waals surface area contributed by atoms with Crippen LogP contribution in [0.25, 0.3) is 0 Å². The summed E-state index contributed by atoms with van der Waals surface area (Å²) in [5, 5.41) is 9.41. The van der Waals surface area contributed by atoms with Crippen molar-refractivity contribution >= 4 is 0 Å². The minimum Gasteiger partial charge on any atom is -0.392 e. The Bertz CT molecular complexity index is 317. The highest BCUT2D eigenvalue weighted by atomic mass is 16.3. The Morgan fingerprint density at radius 3 is 1.64 bits per heavy atom. The predicted molar refractivity (Wildman–Crippen MR) is 109 cm³/mol. The quantitative estimate of drug-likeness (QED) is 0.330. The minimum absolute atomic E-state index is 0.245. The first-order valence-corrected chi connectivity index (χ1v) is 11.1. The second-order valence-electron chi connectivity index (χ2n) is 7.97. The molecule has 1 heterocycles. The first-order valence-electron chi connectivity index (χ1n) is 11.1. The lowest BCUT2D eigenvalue weighted by Gasteiger charge is -2.22. The Labute approximate surface area is 157 Å². The van der Waals surface area contributed by atoms with E-state index in [1.807, 2.05) is 6.92 Å². The molecule has 1 N–H and O–H groups in total. The molecule has 0 saturated carbocycles. The molecule has 1 rings (SSSR count). The van der Waals surface area contributed by atoms with E-state index in [0.29, 0.717) is 0 Å². The van der Waals surface area contributed by atoms with Crippen molar-refractivity contribution in [2.24, 2.45) is 0 Å². The summed E-state index contributed by atoms with van der Waals surface area (Å²) >= 11 is 0. The van der Waals surface area contributed by atoms with Gasteiger partial charge in [-0.1, -0.05) is 90.4 Å². The molecule has 0 bridgehead atoms. The molecule has 1 aliphatic rings. The number of hydrogen-bond acceptors (Lipinski definition) is 3. The minimum atomic E-state index is -0.245. The Morgan fingerprint density at radius 2 is 1.16 bits per heavy atom. The first kappa shape index (κ1) is 22.3. The third-order valence-electron chi connectivity index (χ3n) is 5.15. The maximum absolute atomic E-state index is 9.41. The summed E-state index contributed by atoms with van der Waals surface area (Å²) < 4.78 is 0. The van der Waals surface area contributed by atoms with Gasteiger partial charge in [0.05, 0.1) is 12.8 Å². The lowest BCUT2D eigenvalue weighted by molar-refractivity contribution is 0.138. The number of aliphatic hydroxyl groups excluding tert-OH is 1. The SMILES string of the molecule is CCCCCCCCCCCCCCCCN1C=CN(CC(C)O)C1. The predicted octanol–water partition coefficient (Wildman–Crippen LogP) is 5.89. The largest absolute Gasteiger partial charge is 0.392 e. The van der Waals surface area contributed by atoms with Crippen molar-refractivity contribution in [2.45, 2.75) is 110 Å². The topological polar surface area (TPSA) is 26.7 Å². The molecule has 1 aliphatic heterocycles. The monoisotopic (exact) mass is 352 g/mol. The van der Waals surface area contributed by atoms with E-state index in [1.54, 1.807) is 0 Å². The van der Waals surface area contributed by atoms with Gasteiger partial charge in [-0.3, -0.25) is 0 Å². The summed E-state index contributed by atoms with van der Waals surface area (Å²) in [6.45, 7) is 6.99. The van der Waals surface area contributed by atoms with Crippen LogP contribution in [0.5, 0.6) is 0 Å². The summed E-state index contributed by atoms with van der Waals surface area (Å²) in [5.74, 6) is 0. The number of hydrogen-bond donors (Lipinski definition) is 1. The molecule has 0 aromatic rings. The van der Waals surface area contributed by atoms with Crippen LogP contribution >= 0.6 is 0 Å². The molecule has 0 aliphatic carbocycles. The molecule has 0 aromatic carbocycles. The van der Waals surface area contributed by atoms with Crippen molar-refractivity contribution in [3.8, 4) is 0 Å². The second kappa shape index (κ2) is 15.5. The lowest BCUT2D eigenvalue weighted by atomic mass is 10.0. The van der Waals surface area contributed by atoms with Crippen LogP contribution in [-0.4, -0.2) is 40.8 Å². The molecule has 0 radical (unpaired) electrons. The van der Waals surface area contributed by atoms with Crippen LogP contribution in [0.1, 0.15) is 104 Å². The van der Waals surface area contributed by atoms with E-state index in [2.05, 4.69) is 29.1 Å². The number of rotatable bonds is 17. The van der Waals surface area contributed by atoms with Crippen molar-refractivity contribution in [2.75, 3.05) is 19.8 Å². The molecule has 1 unspecified atom stereocenters. The van der Waals surface area contributed by atoms with Gasteiger partial charge in [-0.05, 0) is 13.3 Å². The number of aliphatic hydroxyl groups is 1. The highest BCUT2D eigenvalue weighted by Crippen LogP contribution is 2.14. The maximum atomic E-state index is 9.41. The lowest BCUT2D eigenvalue weighted by Crippen LogP contribution is -2.30. The maximum Gasteiger partial charge on any atom is 0.0894 e. The molecule has 3 heteroatoms. The average molecular weight is 353 g/mol. The van der Waals surface area contributed by atoms with Crippen molar-refractivity contribution in [3.05, 3.63) is 12.4 Å². The number of nitrogens with zero attached hydrogens (tertiary/aromatic N) is 2. The zero-order valence-electron chi connectivity index (χ0n) is 17.1. The van der Waals surface area contributed by atoms with Crippen LogP contribution in [0.15, 0.2) is 12.4 Å². The zero-order valence-corrected chi connectivity index (χ0v) is 17.1. The van der Waals surface area contributed by atoms with Crippen LogP contribution in [-0.2, 0) is 0 Å². The molecule has 148 valence electrons. The van der Waals surface area contributed by atoms with E-state index in [-0.39, 0.29) is 6.10 Å². The zero-order chi connectivity index (χ0) is 18.2. The summed E-state index contributed by atoms with van der Waals surface area (Å²) in [6.07, 6.45) is 23.9. The summed E-state index contributed by atoms with van der Waals surface area (Å²) in [7, 11) is 0. The first-order chi connectivity index (χ1) is 12.2. The van der Waals surface area contributed by atoms with Gasteiger partial charge in [0.15, 0.2) is 0 Å². The molecule has 1 atom stereocenters. The molecule has 0 saturated heterocycles. The molecule has 0 amide bonds. The third-order valence-corrected chi connectivity index (χ3v) is 5.15. The van der Waals surface area contributed by atoms with E-state index in [1.165, 1.54) is 89.9 Å². The normalized spacial score (nSPS) is 15.3. The number of β-amino-alcohol motifs (C(OH)–C–C–N with tert-alkyl or cyclic N) is 1. The van der Waals surface area contributed by atoms with Crippen LogP contribution in [0, 0.1) is 0 Å². The van der Waals surface area contributed by atoms with Crippen LogP contribution in [0.4, 0.5) is 0 Å². The highest BCUT2D eigenvalue weighted by molar-refractivity contribution is 4.90. The van der Waals surface area contributed by atoms with E-state index >= 15 is 0 Å². The van der Waals surface area contributed by atoms with Gasteiger partial charge in [-0.15, -0.1) is 0 Å². The number of unbranched alkanes of at least 4 members (excludes halogenated alkanes) is 13. The van der Waals surface area contributed by atoms with Gasteiger partial charge in [0.25, 0.3) is 0 Å². The van der Waals surface area contributed by atoms with E-state index in [4.69, 9.17) is 0 Å². The van der Waals surface area contributed by atoms with Crippen LogP contribution in [0.2, 0.25) is 0 Å². The van der Waals surface area contributed by atoms with Crippen molar-refractivity contribution in [1.29, 1.82) is 0 Å². The summed E-state index contributed by atoms with van der Waals surface area (Å²) in [5.41, 5.74) is 0. The molecule has 3 nitrogen and oxygen atoms in total. The molecular weight excluding hydrogens is 308 g/mol. The van der Waals surface area contributed by atoms with E-state index < -0.39 is 0 Å². The van der Waals surface area contributed by atoms with Gasteiger partial charge >= 0.3 is 0 Å². The second-order valence-corrected chi connectivity index (χ2v) is 7.97. The summed E-state index contributed by atoms with van der Waals surface area (Å²) in [4.78, 5) is 4.55.